The molecule has 0 heterocycles. The summed E-state index contributed by atoms with van der Waals surface area (Å²) in [5.41, 5.74) is 2.29. The van der Waals surface area contributed by atoms with Gasteiger partial charge in [-0.2, -0.15) is 0 Å². The minimum absolute atomic E-state index is 0.140. The first kappa shape index (κ1) is 13.6. The molecular weight excluding hydrogens is 306 g/mol. The van der Waals surface area contributed by atoms with Gasteiger partial charge in [-0.3, -0.25) is 4.79 Å². The summed E-state index contributed by atoms with van der Waals surface area (Å²) in [6.45, 7) is 0.308. The van der Waals surface area contributed by atoms with Crippen LogP contribution in [0.5, 0.6) is 5.75 Å². The van der Waals surface area contributed by atoms with E-state index in [-0.39, 0.29) is 11.7 Å². The lowest BCUT2D eigenvalue weighted by Crippen LogP contribution is -2.23. The number of nitrogens with one attached hydrogen (secondary N) is 1. The highest BCUT2D eigenvalue weighted by molar-refractivity contribution is 9.08. The molecule has 0 saturated carbocycles. The Bertz CT molecular complexity index is 584. The molecule has 2 aromatic rings. The molecule has 4 heteroatoms. The number of aromatic hydroxyl groups is 1. The van der Waals surface area contributed by atoms with Crippen LogP contribution in [0.15, 0.2) is 48.5 Å². The largest absolute Gasteiger partial charge is 0.508 e. The maximum Gasteiger partial charge on any atom is 0.251 e. The molecule has 2 N–H and O–H groups in total. The van der Waals surface area contributed by atoms with E-state index in [4.69, 9.17) is 0 Å². The number of phenols is 1. The highest BCUT2D eigenvalue weighted by Gasteiger charge is 2.10. The fourth-order valence-electron chi connectivity index (χ4n) is 1.79. The lowest BCUT2D eigenvalue weighted by Gasteiger charge is -2.09. The number of benzene rings is 2. The number of para-hydroxylation sites is 1. The van der Waals surface area contributed by atoms with Crippen LogP contribution in [0.25, 0.3) is 0 Å². The second-order valence-corrected chi connectivity index (χ2v) is 4.66. The highest BCUT2D eigenvalue weighted by atomic mass is 79.9. The number of phenolic OH excluding ortho intramolecular Hbond substituents is 1. The van der Waals surface area contributed by atoms with Crippen molar-refractivity contribution >= 4 is 21.8 Å². The van der Waals surface area contributed by atoms with Crippen LogP contribution in [-0.4, -0.2) is 11.0 Å². The normalized spacial score (nSPS) is 10.2. The Hall–Kier alpha value is -1.81. The first-order valence-corrected chi connectivity index (χ1v) is 7.03. The van der Waals surface area contributed by atoms with Crippen molar-refractivity contribution < 1.29 is 9.90 Å². The smallest absolute Gasteiger partial charge is 0.251 e. The molecule has 0 atom stereocenters. The average molecular weight is 320 g/mol. The van der Waals surface area contributed by atoms with Gasteiger partial charge in [-0.15, -0.1) is 0 Å². The highest BCUT2D eigenvalue weighted by Crippen LogP contribution is 2.16. The third-order valence-corrected chi connectivity index (χ3v) is 3.44. The van der Waals surface area contributed by atoms with Gasteiger partial charge in [-0.1, -0.05) is 52.3 Å². The number of amides is 1. The quantitative estimate of drug-likeness (QED) is 0.850. The predicted molar refractivity (Wildman–Crippen MR) is 78.4 cm³/mol. The summed E-state index contributed by atoms with van der Waals surface area (Å²) in [6, 6.07) is 14.4. The molecule has 0 bridgehead atoms. The van der Waals surface area contributed by atoms with Crippen molar-refractivity contribution in [3.05, 3.63) is 65.2 Å². The maximum atomic E-state index is 12.1. The molecule has 0 aliphatic carbocycles. The summed E-state index contributed by atoms with van der Waals surface area (Å²) in [4.78, 5) is 12.1. The molecule has 0 spiro atoms. The topological polar surface area (TPSA) is 49.3 Å². The van der Waals surface area contributed by atoms with Gasteiger partial charge in [0, 0.05) is 23.0 Å². The van der Waals surface area contributed by atoms with Gasteiger partial charge in [0.2, 0.25) is 0 Å². The fourth-order valence-corrected chi connectivity index (χ4v) is 2.28. The van der Waals surface area contributed by atoms with Crippen molar-refractivity contribution in [2.24, 2.45) is 0 Å². The van der Waals surface area contributed by atoms with Crippen LogP contribution in [0.2, 0.25) is 0 Å². The van der Waals surface area contributed by atoms with Gasteiger partial charge in [-0.25, -0.2) is 0 Å². The molecule has 0 aromatic heterocycles. The molecule has 98 valence electrons. The van der Waals surface area contributed by atoms with Crippen molar-refractivity contribution in [3.63, 3.8) is 0 Å². The summed E-state index contributed by atoms with van der Waals surface area (Å²) >= 11 is 3.36. The average Bonchev–Trinajstić information content (AvgIpc) is 2.46. The van der Waals surface area contributed by atoms with E-state index in [2.05, 4.69) is 21.2 Å². The number of alkyl halides is 1. The van der Waals surface area contributed by atoms with Crippen LogP contribution in [0.4, 0.5) is 0 Å². The lowest BCUT2D eigenvalue weighted by atomic mass is 10.1. The minimum Gasteiger partial charge on any atom is -0.508 e. The zero-order valence-corrected chi connectivity index (χ0v) is 11.9. The zero-order valence-electron chi connectivity index (χ0n) is 10.3. The fraction of sp³-hybridized carbons (Fsp3) is 0.133. The Labute approximate surface area is 120 Å². The van der Waals surface area contributed by atoms with E-state index in [0.717, 1.165) is 5.56 Å². The number of rotatable bonds is 4. The van der Waals surface area contributed by atoms with Crippen LogP contribution >= 0.6 is 15.9 Å². The second kappa shape index (κ2) is 6.38. The molecule has 3 nitrogen and oxygen atoms in total. The molecule has 2 rings (SSSR count). The van der Waals surface area contributed by atoms with E-state index in [9.17, 15) is 9.90 Å². The van der Waals surface area contributed by atoms with Crippen molar-refractivity contribution in [1.82, 2.24) is 5.32 Å². The molecule has 0 radical (unpaired) electrons. The van der Waals surface area contributed by atoms with Crippen LogP contribution < -0.4 is 5.32 Å². The Morgan fingerprint density at radius 2 is 1.68 bits per heavy atom. The first-order chi connectivity index (χ1) is 9.22. The van der Waals surface area contributed by atoms with Gasteiger partial charge in [0.05, 0.1) is 0 Å². The van der Waals surface area contributed by atoms with Gasteiger partial charge < -0.3 is 10.4 Å². The molecule has 0 fully saturated rings. The third kappa shape index (κ3) is 3.35. The number of halogens is 1. The van der Waals surface area contributed by atoms with Crippen molar-refractivity contribution in [2.45, 2.75) is 11.9 Å². The zero-order chi connectivity index (χ0) is 13.7. The van der Waals surface area contributed by atoms with Crippen LogP contribution in [0.3, 0.4) is 0 Å². The Kier molecular flexibility index (Phi) is 4.58. The number of hydrogen-bond acceptors (Lipinski definition) is 2. The summed E-state index contributed by atoms with van der Waals surface area (Å²) in [7, 11) is 0. The number of carbonyl (C=O) groups is 1. The summed E-state index contributed by atoms with van der Waals surface area (Å²) in [5, 5.41) is 13.1. The Morgan fingerprint density at radius 3 is 2.37 bits per heavy atom. The molecule has 0 saturated heterocycles. The van der Waals surface area contributed by atoms with E-state index < -0.39 is 0 Å². The minimum atomic E-state index is -0.140. The maximum absolute atomic E-state index is 12.1. The number of hydrogen-bond donors (Lipinski definition) is 2. The van der Waals surface area contributed by atoms with Crippen molar-refractivity contribution in [3.8, 4) is 5.75 Å². The summed E-state index contributed by atoms with van der Waals surface area (Å²) in [6.07, 6.45) is 0. The first-order valence-electron chi connectivity index (χ1n) is 5.91. The van der Waals surface area contributed by atoms with Gasteiger partial charge in [-0.05, 0) is 17.7 Å². The van der Waals surface area contributed by atoms with E-state index in [1.807, 2.05) is 24.3 Å². The molecular formula is C15H14BrNO2. The molecule has 0 aliphatic heterocycles. The molecule has 19 heavy (non-hydrogen) atoms. The van der Waals surface area contributed by atoms with Crippen molar-refractivity contribution in [2.75, 3.05) is 0 Å². The summed E-state index contributed by atoms with van der Waals surface area (Å²) < 4.78 is 0. The number of carbonyl (C=O) groups excluding carboxylic acids is 1. The van der Waals surface area contributed by atoms with Crippen LogP contribution in [0.1, 0.15) is 21.5 Å². The Morgan fingerprint density at radius 1 is 1.05 bits per heavy atom. The predicted octanol–water partition coefficient (Wildman–Crippen LogP) is 3.22. The SMILES string of the molecule is O=C(NCc1ccccc1O)c1ccccc1CBr. The van der Waals surface area contributed by atoms with E-state index >= 15 is 0 Å². The summed E-state index contributed by atoms with van der Waals surface area (Å²) in [5.74, 6) is 0.0508. The second-order valence-electron chi connectivity index (χ2n) is 4.10. The molecule has 0 aliphatic rings. The van der Waals surface area contributed by atoms with Gasteiger partial charge in [0.25, 0.3) is 5.91 Å². The van der Waals surface area contributed by atoms with Gasteiger partial charge >= 0.3 is 0 Å². The Balaban J connectivity index is 2.08. The van der Waals surface area contributed by atoms with E-state index in [0.29, 0.717) is 23.0 Å². The van der Waals surface area contributed by atoms with Crippen molar-refractivity contribution in [1.29, 1.82) is 0 Å². The van der Waals surface area contributed by atoms with Crippen LogP contribution in [0, 0.1) is 0 Å². The van der Waals surface area contributed by atoms with E-state index in [1.54, 1.807) is 24.3 Å². The lowest BCUT2D eigenvalue weighted by molar-refractivity contribution is 0.0950. The van der Waals surface area contributed by atoms with E-state index in [1.165, 1.54) is 0 Å². The monoisotopic (exact) mass is 319 g/mol. The molecule has 1 amide bonds. The van der Waals surface area contributed by atoms with Gasteiger partial charge in [0.1, 0.15) is 5.75 Å². The third-order valence-electron chi connectivity index (χ3n) is 2.84. The van der Waals surface area contributed by atoms with Crippen LogP contribution in [-0.2, 0) is 11.9 Å². The van der Waals surface area contributed by atoms with Gasteiger partial charge in [0.15, 0.2) is 0 Å². The molecule has 2 aromatic carbocycles. The molecule has 0 unspecified atom stereocenters. The standard InChI is InChI=1S/C15H14BrNO2/c16-9-11-5-1-3-7-13(11)15(19)17-10-12-6-2-4-8-14(12)18/h1-8,18H,9-10H2,(H,17,19).